The topological polar surface area (TPSA) is 17.1 Å². The van der Waals surface area contributed by atoms with Crippen molar-refractivity contribution >= 4 is 49.0 Å². The van der Waals surface area contributed by atoms with Gasteiger partial charge in [0.05, 0.1) is 8.66 Å². The molecule has 0 bridgehead atoms. The van der Waals surface area contributed by atoms with Gasteiger partial charge in [-0.1, -0.05) is 0 Å². The highest BCUT2D eigenvalue weighted by Crippen LogP contribution is 2.32. The first-order chi connectivity index (χ1) is 6.65. The molecule has 14 heavy (non-hydrogen) atoms. The summed E-state index contributed by atoms with van der Waals surface area (Å²) >= 11 is 8.16. The highest BCUT2D eigenvalue weighted by molar-refractivity contribution is 9.13. The minimum absolute atomic E-state index is 0.157. The lowest BCUT2D eigenvalue weighted by Crippen LogP contribution is -1.94. The molecule has 1 aromatic heterocycles. The highest BCUT2D eigenvalue weighted by Gasteiger charge is 2.10. The maximum atomic E-state index is 11.6. The third-order valence-electron chi connectivity index (χ3n) is 1.57. The number of ketones is 1. The number of carbonyl (C=O) groups excluding carboxylic acids is 1. The summed E-state index contributed by atoms with van der Waals surface area (Å²) in [6.45, 7) is 1.78. The fraction of sp³-hybridized carbons (Fsp3) is 0.300. The molecule has 0 saturated carbocycles. The molecule has 0 spiro atoms. The minimum Gasteiger partial charge on any atom is -0.293 e. The zero-order chi connectivity index (χ0) is 10.6. The van der Waals surface area contributed by atoms with Crippen LogP contribution in [0.3, 0.4) is 0 Å². The minimum atomic E-state index is 0.157. The third-order valence-corrected chi connectivity index (χ3v) is 4.87. The average Bonchev–Trinajstić information content (AvgIpc) is 2.47. The zero-order valence-electron chi connectivity index (χ0n) is 7.56. The van der Waals surface area contributed by atoms with E-state index >= 15 is 0 Å². The van der Waals surface area contributed by atoms with Gasteiger partial charge in [0, 0.05) is 17.3 Å². The molecule has 1 aromatic rings. The number of thiophene rings is 1. The van der Waals surface area contributed by atoms with Gasteiger partial charge in [0.2, 0.25) is 0 Å². The lowest BCUT2D eigenvalue weighted by Gasteiger charge is -1.91. The van der Waals surface area contributed by atoms with E-state index in [-0.39, 0.29) is 5.78 Å². The normalized spacial score (nSPS) is 9.36. The first-order valence-corrected chi connectivity index (χ1v) is 6.43. The molecule has 0 unspecified atom stereocenters. The molecule has 0 aliphatic carbocycles. The fourth-order valence-corrected chi connectivity index (χ4v) is 2.91. The molecule has 0 fully saturated rings. The fourth-order valence-electron chi connectivity index (χ4n) is 0.908. The second-order valence-corrected chi connectivity index (χ2v) is 5.81. The van der Waals surface area contributed by atoms with E-state index in [9.17, 15) is 4.79 Å². The van der Waals surface area contributed by atoms with Gasteiger partial charge in [-0.3, -0.25) is 4.79 Å². The highest BCUT2D eigenvalue weighted by atomic mass is 79.9. The van der Waals surface area contributed by atoms with Crippen molar-refractivity contribution in [3.8, 4) is 11.8 Å². The van der Waals surface area contributed by atoms with E-state index in [1.807, 2.05) is 6.07 Å². The molecule has 0 saturated heterocycles. The second-order valence-electron chi connectivity index (χ2n) is 2.58. The van der Waals surface area contributed by atoms with Crippen LogP contribution in [-0.2, 0) is 0 Å². The lowest BCUT2D eigenvalue weighted by atomic mass is 10.2. The molecule has 1 rings (SSSR count). The maximum Gasteiger partial charge on any atom is 0.173 e. The summed E-state index contributed by atoms with van der Waals surface area (Å²) in [5, 5.41) is 0. The Morgan fingerprint density at radius 3 is 2.79 bits per heavy atom. The number of hydrogen-bond acceptors (Lipinski definition) is 2. The van der Waals surface area contributed by atoms with Crippen molar-refractivity contribution in [2.24, 2.45) is 0 Å². The smallest absolute Gasteiger partial charge is 0.173 e. The Hall–Kier alpha value is -0.110. The van der Waals surface area contributed by atoms with Crippen molar-refractivity contribution in [2.45, 2.75) is 19.8 Å². The van der Waals surface area contributed by atoms with Gasteiger partial charge < -0.3 is 0 Å². The SMILES string of the molecule is CC#CCCC(=O)c1cc(Br)c(Br)s1. The Balaban J connectivity index is 2.64. The maximum absolute atomic E-state index is 11.6. The predicted octanol–water partition coefficient (Wildman–Crippen LogP) is 4.26. The average molecular weight is 336 g/mol. The Bertz CT molecular complexity index is 378. The summed E-state index contributed by atoms with van der Waals surface area (Å²) in [7, 11) is 0. The number of rotatable bonds is 3. The van der Waals surface area contributed by atoms with Gasteiger partial charge in [-0.05, 0) is 44.8 Å². The van der Waals surface area contributed by atoms with Gasteiger partial charge in [0.15, 0.2) is 5.78 Å². The van der Waals surface area contributed by atoms with Crippen LogP contribution in [0.1, 0.15) is 29.4 Å². The summed E-state index contributed by atoms with van der Waals surface area (Å²) in [5.74, 6) is 5.81. The van der Waals surface area contributed by atoms with Crippen molar-refractivity contribution in [1.29, 1.82) is 0 Å². The van der Waals surface area contributed by atoms with Crippen LogP contribution in [-0.4, -0.2) is 5.78 Å². The molecule has 0 atom stereocenters. The Kier molecular flexibility index (Phi) is 4.86. The predicted molar refractivity (Wildman–Crippen MR) is 66.7 cm³/mol. The second kappa shape index (κ2) is 5.69. The number of halogens is 2. The first kappa shape index (κ1) is 12.0. The number of Topliss-reactive ketones (excluding diaryl/α,β-unsaturated/α-hetero) is 1. The number of hydrogen-bond donors (Lipinski definition) is 0. The van der Waals surface area contributed by atoms with Gasteiger partial charge in [0.25, 0.3) is 0 Å². The molecule has 4 heteroatoms. The van der Waals surface area contributed by atoms with E-state index in [2.05, 4.69) is 43.7 Å². The van der Waals surface area contributed by atoms with E-state index in [4.69, 9.17) is 0 Å². The van der Waals surface area contributed by atoms with Crippen molar-refractivity contribution < 1.29 is 4.79 Å². The molecule has 1 nitrogen and oxygen atoms in total. The molecule has 1 heterocycles. The first-order valence-electron chi connectivity index (χ1n) is 4.02. The van der Waals surface area contributed by atoms with Gasteiger partial charge in [-0.2, -0.15) is 0 Å². The molecule has 74 valence electrons. The van der Waals surface area contributed by atoms with Crippen LogP contribution in [0.2, 0.25) is 0 Å². The van der Waals surface area contributed by atoms with Crippen molar-refractivity contribution in [2.75, 3.05) is 0 Å². The van der Waals surface area contributed by atoms with Crippen LogP contribution >= 0.6 is 43.2 Å². The van der Waals surface area contributed by atoms with Crippen LogP contribution in [0.4, 0.5) is 0 Å². The summed E-state index contributed by atoms with van der Waals surface area (Å²) in [6.07, 6.45) is 1.14. The standard InChI is InChI=1S/C10H8Br2OS/c1-2-3-4-5-8(13)9-6-7(11)10(12)14-9/h6H,4-5H2,1H3. The van der Waals surface area contributed by atoms with Crippen LogP contribution < -0.4 is 0 Å². The summed E-state index contributed by atoms with van der Waals surface area (Å²) in [5.41, 5.74) is 0. The summed E-state index contributed by atoms with van der Waals surface area (Å²) in [4.78, 5) is 12.4. The molecular formula is C10H8Br2OS. The molecule has 0 N–H and O–H groups in total. The largest absolute Gasteiger partial charge is 0.293 e. The zero-order valence-corrected chi connectivity index (χ0v) is 11.6. The molecule has 0 amide bonds. The van der Waals surface area contributed by atoms with Crippen LogP contribution in [0, 0.1) is 11.8 Å². The quantitative estimate of drug-likeness (QED) is 0.596. The molecule has 0 aliphatic rings. The van der Waals surface area contributed by atoms with Crippen LogP contribution in [0.5, 0.6) is 0 Å². The summed E-state index contributed by atoms with van der Waals surface area (Å²) in [6, 6.07) is 1.84. The van der Waals surface area contributed by atoms with E-state index < -0.39 is 0 Å². The van der Waals surface area contributed by atoms with E-state index in [1.165, 1.54) is 11.3 Å². The van der Waals surface area contributed by atoms with Crippen molar-refractivity contribution in [1.82, 2.24) is 0 Å². The van der Waals surface area contributed by atoms with E-state index in [0.29, 0.717) is 12.8 Å². The van der Waals surface area contributed by atoms with Gasteiger partial charge in [-0.25, -0.2) is 0 Å². The molecule has 0 radical (unpaired) electrons. The molecular weight excluding hydrogens is 328 g/mol. The van der Waals surface area contributed by atoms with Crippen molar-refractivity contribution in [3.05, 3.63) is 19.2 Å². The number of carbonyl (C=O) groups is 1. The monoisotopic (exact) mass is 334 g/mol. The molecule has 0 aromatic carbocycles. The van der Waals surface area contributed by atoms with Crippen molar-refractivity contribution in [3.63, 3.8) is 0 Å². The van der Waals surface area contributed by atoms with E-state index in [0.717, 1.165) is 13.1 Å². The third kappa shape index (κ3) is 3.23. The lowest BCUT2D eigenvalue weighted by molar-refractivity contribution is 0.0988. The Morgan fingerprint density at radius 1 is 1.57 bits per heavy atom. The molecule has 0 aliphatic heterocycles. The van der Waals surface area contributed by atoms with Gasteiger partial charge >= 0.3 is 0 Å². The van der Waals surface area contributed by atoms with E-state index in [1.54, 1.807) is 6.92 Å². The van der Waals surface area contributed by atoms with Gasteiger partial charge in [0.1, 0.15) is 0 Å². The Labute approximate surface area is 104 Å². The van der Waals surface area contributed by atoms with Crippen LogP contribution in [0.25, 0.3) is 0 Å². The Morgan fingerprint density at radius 2 is 2.29 bits per heavy atom. The van der Waals surface area contributed by atoms with Gasteiger partial charge in [-0.15, -0.1) is 23.2 Å². The van der Waals surface area contributed by atoms with Crippen LogP contribution in [0.15, 0.2) is 14.3 Å². The summed E-state index contributed by atoms with van der Waals surface area (Å²) < 4.78 is 1.90.